The van der Waals surface area contributed by atoms with E-state index in [2.05, 4.69) is 33.6 Å². The molecule has 1 heterocycles. The number of benzene rings is 2. The van der Waals surface area contributed by atoms with Crippen LogP contribution in [0.4, 0.5) is 0 Å². The number of halogens is 1. The van der Waals surface area contributed by atoms with E-state index in [4.69, 9.17) is 4.74 Å². The number of nitrogens with zero attached hydrogens (tertiary/aromatic N) is 2. The zero-order chi connectivity index (χ0) is 18.2. The Hall–Kier alpha value is -2.35. The van der Waals surface area contributed by atoms with Crippen molar-refractivity contribution >= 4 is 40.8 Å². The van der Waals surface area contributed by atoms with E-state index < -0.39 is 0 Å². The number of nitrogens with one attached hydrogen (secondary N) is 2. The van der Waals surface area contributed by atoms with Crippen LogP contribution in [0.3, 0.4) is 0 Å². The molecule has 2 aromatic carbocycles. The molecule has 1 aromatic heterocycles. The summed E-state index contributed by atoms with van der Waals surface area (Å²) in [6.07, 6.45) is 1.85. The van der Waals surface area contributed by atoms with Gasteiger partial charge in [-0.1, -0.05) is 30.3 Å². The predicted octanol–water partition coefficient (Wildman–Crippen LogP) is 4.12. The van der Waals surface area contributed by atoms with E-state index in [1.807, 2.05) is 54.7 Å². The molecular formula is C21H25IN4O. The van der Waals surface area contributed by atoms with Gasteiger partial charge in [-0.25, -0.2) is 4.99 Å². The third-order valence-electron chi connectivity index (χ3n) is 4.11. The van der Waals surface area contributed by atoms with Crippen LogP contribution in [0, 0.1) is 0 Å². The quantitative estimate of drug-likeness (QED) is 0.320. The molecule has 0 atom stereocenters. The van der Waals surface area contributed by atoms with E-state index in [0.29, 0.717) is 13.1 Å². The topological polar surface area (TPSA) is 58.5 Å². The molecule has 0 aliphatic carbocycles. The highest BCUT2D eigenvalue weighted by molar-refractivity contribution is 14.0. The lowest BCUT2D eigenvalue weighted by Crippen LogP contribution is -2.36. The molecule has 142 valence electrons. The van der Waals surface area contributed by atoms with Crippen LogP contribution in [-0.4, -0.2) is 24.6 Å². The van der Waals surface area contributed by atoms with Gasteiger partial charge in [0, 0.05) is 24.7 Å². The Balaban J connectivity index is 0.00000261. The summed E-state index contributed by atoms with van der Waals surface area (Å²) in [6, 6.07) is 18.2. The molecule has 0 fully saturated rings. The zero-order valence-electron chi connectivity index (χ0n) is 15.6. The van der Waals surface area contributed by atoms with Gasteiger partial charge in [-0.05, 0) is 42.3 Å². The van der Waals surface area contributed by atoms with Gasteiger partial charge < -0.3 is 15.4 Å². The average molecular weight is 476 g/mol. The van der Waals surface area contributed by atoms with Crippen LogP contribution < -0.4 is 15.4 Å². The van der Waals surface area contributed by atoms with Crippen molar-refractivity contribution in [3.05, 3.63) is 71.9 Å². The molecule has 0 unspecified atom stereocenters. The van der Waals surface area contributed by atoms with Crippen LogP contribution >= 0.6 is 24.0 Å². The summed E-state index contributed by atoms with van der Waals surface area (Å²) < 4.78 is 5.19. The number of ether oxygens (including phenoxy) is 1. The molecule has 0 aliphatic heterocycles. The van der Waals surface area contributed by atoms with Crippen molar-refractivity contribution in [1.82, 2.24) is 15.6 Å². The molecule has 0 spiro atoms. The summed E-state index contributed by atoms with van der Waals surface area (Å²) in [4.78, 5) is 9.08. The first-order valence-electron chi connectivity index (χ1n) is 8.78. The Morgan fingerprint density at radius 2 is 1.81 bits per heavy atom. The maximum atomic E-state index is 5.19. The van der Waals surface area contributed by atoms with Gasteiger partial charge >= 0.3 is 0 Å². The molecule has 2 N–H and O–H groups in total. The SMILES string of the molecule is CCNC(=NCc1ccc(OC)cc1)NCc1ccnc2ccccc12.I. The molecule has 3 aromatic rings. The third kappa shape index (κ3) is 5.82. The number of fused-ring (bicyclic) bond motifs is 1. The van der Waals surface area contributed by atoms with Crippen molar-refractivity contribution in [2.75, 3.05) is 13.7 Å². The molecule has 0 bridgehead atoms. The summed E-state index contributed by atoms with van der Waals surface area (Å²) in [5.74, 6) is 1.65. The minimum absolute atomic E-state index is 0. The van der Waals surface area contributed by atoms with E-state index in [0.717, 1.165) is 34.7 Å². The summed E-state index contributed by atoms with van der Waals surface area (Å²) >= 11 is 0. The van der Waals surface area contributed by atoms with E-state index in [9.17, 15) is 0 Å². The number of rotatable bonds is 6. The number of para-hydroxylation sites is 1. The van der Waals surface area contributed by atoms with E-state index in [1.54, 1.807) is 7.11 Å². The number of pyridine rings is 1. The first kappa shape index (κ1) is 21.0. The Labute approximate surface area is 177 Å². The standard InChI is InChI=1S/C21H24N4O.HI/c1-3-22-21(24-14-16-8-10-18(26-2)11-9-16)25-15-17-12-13-23-20-7-5-4-6-19(17)20;/h4-13H,3,14-15H2,1-2H3,(H2,22,24,25);1H. The van der Waals surface area contributed by atoms with Crippen molar-refractivity contribution in [3.8, 4) is 5.75 Å². The van der Waals surface area contributed by atoms with Gasteiger partial charge in [-0.2, -0.15) is 0 Å². The number of aliphatic imine (C=N–C) groups is 1. The molecule has 0 amide bonds. The maximum Gasteiger partial charge on any atom is 0.191 e. The number of guanidine groups is 1. The monoisotopic (exact) mass is 476 g/mol. The van der Waals surface area contributed by atoms with Crippen LogP contribution in [0.2, 0.25) is 0 Å². The Morgan fingerprint density at radius 3 is 2.56 bits per heavy atom. The second kappa shape index (κ2) is 10.7. The summed E-state index contributed by atoms with van der Waals surface area (Å²) in [5, 5.41) is 7.86. The smallest absolute Gasteiger partial charge is 0.191 e. The van der Waals surface area contributed by atoms with Gasteiger partial charge in [-0.15, -0.1) is 24.0 Å². The summed E-state index contributed by atoms with van der Waals surface area (Å²) in [5.41, 5.74) is 3.34. The lowest BCUT2D eigenvalue weighted by molar-refractivity contribution is 0.414. The van der Waals surface area contributed by atoms with Gasteiger partial charge in [0.25, 0.3) is 0 Å². The normalized spacial score (nSPS) is 11.0. The lowest BCUT2D eigenvalue weighted by atomic mass is 10.1. The fourth-order valence-electron chi connectivity index (χ4n) is 2.73. The molecule has 0 radical (unpaired) electrons. The van der Waals surface area contributed by atoms with Crippen molar-refractivity contribution in [3.63, 3.8) is 0 Å². The molecule has 5 nitrogen and oxygen atoms in total. The third-order valence-corrected chi connectivity index (χ3v) is 4.11. The lowest BCUT2D eigenvalue weighted by Gasteiger charge is -2.12. The van der Waals surface area contributed by atoms with Gasteiger partial charge in [0.15, 0.2) is 5.96 Å². The number of hydrogen-bond donors (Lipinski definition) is 2. The minimum Gasteiger partial charge on any atom is -0.497 e. The van der Waals surface area contributed by atoms with Crippen LogP contribution in [0.15, 0.2) is 65.8 Å². The minimum atomic E-state index is 0. The van der Waals surface area contributed by atoms with Crippen LogP contribution in [0.1, 0.15) is 18.1 Å². The van der Waals surface area contributed by atoms with Crippen LogP contribution in [0.25, 0.3) is 10.9 Å². The second-order valence-corrected chi connectivity index (χ2v) is 5.88. The van der Waals surface area contributed by atoms with E-state index >= 15 is 0 Å². The molecule has 6 heteroatoms. The van der Waals surface area contributed by atoms with Crippen molar-refractivity contribution in [2.45, 2.75) is 20.0 Å². The Kier molecular flexibility index (Phi) is 8.32. The van der Waals surface area contributed by atoms with Gasteiger partial charge in [0.1, 0.15) is 5.75 Å². The fourth-order valence-corrected chi connectivity index (χ4v) is 2.73. The molecule has 0 saturated carbocycles. The Bertz CT molecular complexity index is 875. The van der Waals surface area contributed by atoms with Crippen molar-refractivity contribution in [1.29, 1.82) is 0 Å². The molecule has 27 heavy (non-hydrogen) atoms. The van der Waals surface area contributed by atoms with Crippen molar-refractivity contribution in [2.24, 2.45) is 4.99 Å². The molecule has 0 saturated heterocycles. The zero-order valence-corrected chi connectivity index (χ0v) is 17.9. The molecule has 3 rings (SSSR count). The van der Waals surface area contributed by atoms with Gasteiger partial charge in [-0.3, -0.25) is 4.98 Å². The molecular weight excluding hydrogens is 451 g/mol. The number of aromatic nitrogens is 1. The highest BCUT2D eigenvalue weighted by Crippen LogP contribution is 2.16. The van der Waals surface area contributed by atoms with E-state index in [1.165, 1.54) is 5.56 Å². The van der Waals surface area contributed by atoms with Crippen LogP contribution in [0.5, 0.6) is 5.75 Å². The predicted molar refractivity (Wildman–Crippen MR) is 122 cm³/mol. The largest absolute Gasteiger partial charge is 0.497 e. The molecule has 0 aliphatic rings. The summed E-state index contributed by atoms with van der Waals surface area (Å²) in [7, 11) is 1.67. The number of hydrogen-bond acceptors (Lipinski definition) is 3. The highest BCUT2D eigenvalue weighted by atomic mass is 127. The second-order valence-electron chi connectivity index (χ2n) is 5.88. The van der Waals surface area contributed by atoms with Crippen molar-refractivity contribution < 1.29 is 4.74 Å². The average Bonchev–Trinajstić information content (AvgIpc) is 2.70. The van der Waals surface area contributed by atoms with Gasteiger partial charge in [0.2, 0.25) is 0 Å². The maximum absolute atomic E-state index is 5.19. The number of methoxy groups -OCH3 is 1. The van der Waals surface area contributed by atoms with Crippen LogP contribution in [-0.2, 0) is 13.1 Å². The highest BCUT2D eigenvalue weighted by Gasteiger charge is 2.03. The Morgan fingerprint density at radius 1 is 1.04 bits per heavy atom. The first-order valence-corrected chi connectivity index (χ1v) is 8.78. The van der Waals surface area contributed by atoms with Gasteiger partial charge in [0.05, 0.1) is 19.2 Å². The first-order chi connectivity index (χ1) is 12.8. The fraction of sp³-hybridized carbons (Fsp3) is 0.238. The van der Waals surface area contributed by atoms with E-state index in [-0.39, 0.29) is 24.0 Å². The summed E-state index contributed by atoms with van der Waals surface area (Å²) in [6.45, 7) is 4.17.